The van der Waals surface area contributed by atoms with Gasteiger partial charge in [-0.05, 0) is 37.3 Å². The predicted octanol–water partition coefficient (Wildman–Crippen LogP) is 2.83. The summed E-state index contributed by atoms with van der Waals surface area (Å²) in [6.45, 7) is 2.77. The van der Waals surface area contributed by atoms with E-state index < -0.39 is 0 Å². The van der Waals surface area contributed by atoms with Gasteiger partial charge >= 0.3 is 0 Å². The van der Waals surface area contributed by atoms with Crippen LogP contribution in [-0.2, 0) is 0 Å². The Balaban J connectivity index is 2.07. The van der Waals surface area contributed by atoms with E-state index in [0.717, 1.165) is 23.8 Å². The van der Waals surface area contributed by atoms with Crippen LogP contribution in [0.1, 0.15) is 18.4 Å². The van der Waals surface area contributed by atoms with Crippen molar-refractivity contribution in [3.05, 3.63) is 23.0 Å². The molecule has 0 aliphatic heterocycles. The fourth-order valence-electron chi connectivity index (χ4n) is 1.17. The molecule has 70 valence electrons. The molecule has 1 heterocycles. The van der Waals surface area contributed by atoms with Crippen molar-refractivity contribution < 1.29 is 4.74 Å². The first-order valence-corrected chi connectivity index (χ1v) is 4.89. The molecule has 0 atom stereocenters. The van der Waals surface area contributed by atoms with Crippen molar-refractivity contribution in [3.63, 3.8) is 0 Å². The highest BCUT2D eigenvalue weighted by Crippen LogP contribution is 2.32. The fraction of sp³-hybridized carbons (Fsp3) is 0.500. The van der Waals surface area contributed by atoms with Crippen molar-refractivity contribution in [3.8, 4) is 5.75 Å². The highest BCUT2D eigenvalue weighted by atomic mass is 35.5. The lowest BCUT2D eigenvalue weighted by Gasteiger charge is -2.08. The number of nitrogens with zero attached hydrogens (tertiary/aromatic N) is 1. The van der Waals surface area contributed by atoms with Crippen molar-refractivity contribution in [2.24, 2.45) is 5.92 Å². The summed E-state index contributed by atoms with van der Waals surface area (Å²) in [6.07, 6.45) is 4.27. The zero-order valence-corrected chi connectivity index (χ0v) is 8.34. The third-order valence-electron chi connectivity index (χ3n) is 2.22. The van der Waals surface area contributed by atoms with Crippen LogP contribution in [-0.4, -0.2) is 11.6 Å². The Labute approximate surface area is 82.9 Å². The number of aryl methyl sites for hydroxylation is 1. The van der Waals surface area contributed by atoms with Gasteiger partial charge < -0.3 is 4.74 Å². The monoisotopic (exact) mass is 197 g/mol. The van der Waals surface area contributed by atoms with Crippen LogP contribution in [0.5, 0.6) is 5.75 Å². The summed E-state index contributed by atoms with van der Waals surface area (Å²) in [5, 5.41) is 0.473. The molecule has 0 aromatic carbocycles. The summed E-state index contributed by atoms with van der Waals surface area (Å²) in [4.78, 5) is 3.98. The van der Waals surface area contributed by atoms with E-state index in [1.807, 2.05) is 13.0 Å². The van der Waals surface area contributed by atoms with Crippen LogP contribution < -0.4 is 4.74 Å². The van der Waals surface area contributed by atoms with Gasteiger partial charge in [0.1, 0.15) is 0 Å². The van der Waals surface area contributed by atoms with Gasteiger partial charge in [0.2, 0.25) is 0 Å². The Hall–Kier alpha value is -0.760. The SMILES string of the molecule is Cc1ccnc(Cl)c1OCC1CC1. The van der Waals surface area contributed by atoms with Crippen molar-refractivity contribution in [2.75, 3.05) is 6.61 Å². The number of rotatable bonds is 3. The summed E-state index contributed by atoms with van der Waals surface area (Å²) in [7, 11) is 0. The lowest BCUT2D eigenvalue weighted by atomic mass is 10.3. The largest absolute Gasteiger partial charge is 0.490 e. The maximum atomic E-state index is 5.90. The fourth-order valence-corrected chi connectivity index (χ4v) is 1.43. The Morgan fingerprint density at radius 3 is 3.00 bits per heavy atom. The predicted molar refractivity (Wildman–Crippen MR) is 52.2 cm³/mol. The molecule has 1 fully saturated rings. The molecule has 3 heteroatoms. The van der Waals surface area contributed by atoms with Gasteiger partial charge in [0.25, 0.3) is 0 Å². The van der Waals surface area contributed by atoms with E-state index >= 15 is 0 Å². The molecule has 0 amide bonds. The van der Waals surface area contributed by atoms with Crippen molar-refractivity contribution in [1.29, 1.82) is 0 Å². The van der Waals surface area contributed by atoms with Gasteiger partial charge in [0.15, 0.2) is 10.9 Å². The summed E-state index contributed by atoms with van der Waals surface area (Å²) in [5.41, 5.74) is 1.06. The molecule has 0 bridgehead atoms. The van der Waals surface area contributed by atoms with Gasteiger partial charge in [0.05, 0.1) is 6.61 Å². The topological polar surface area (TPSA) is 22.1 Å². The first-order chi connectivity index (χ1) is 6.27. The van der Waals surface area contributed by atoms with Crippen LogP contribution in [0.3, 0.4) is 0 Å². The summed E-state index contributed by atoms with van der Waals surface area (Å²) >= 11 is 5.90. The normalized spacial score (nSPS) is 15.8. The van der Waals surface area contributed by atoms with E-state index in [-0.39, 0.29) is 0 Å². The average molecular weight is 198 g/mol. The zero-order valence-electron chi connectivity index (χ0n) is 7.59. The van der Waals surface area contributed by atoms with Gasteiger partial charge in [-0.25, -0.2) is 4.98 Å². The van der Waals surface area contributed by atoms with E-state index in [2.05, 4.69) is 4.98 Å². The highest BCUT2D eigenvalue weighted by Gasteiger charge is 2.22. The summed E-state index contributed by atoms with van der Waals surface area (Å²) in [6, 6.07) is 1.91. The number of pyridine rings is 1. The van der Waals surface area contributed by atoms with Crippen LogP contribution in [0.15, 0.2) is 12.3 Å². The Kier molecular flexibility index (Phi) is 2.40. The number of halogens is 1. The number of ether oxygens (including phenoxy) is 1. The molecule has 1 aromatic rings. The molecule has 13 heavy (non-hydrogen) atoms. The maximum Gasteiger partial charge on any atom is 0.171 e. The summed E-state index contributed by atoms with van der Waals surface area (Å²) in [5.74, 6) is 1.49. The molecule has 0 radical (unpaired) electrons. The minimum atomic E-state index is 0.473. The van der Waals surface area contributed by atoms with Gasteiger partial charge in [-0.2, -0.15) is 0 Å². The van der Waals surface area contributed by atoms with Gasteiger partial charge in [-0.1, -0.05) is 11.6 Å². The molecule has 2 rings (SSSR count). The van der Waals surface area contributed by atoms with Crippen molar-refractivity contribution >= 4 is 11.6 Å². The molecule has 1 saturated carbocycles. The molecule has 0 N–H and O–H groups in total. The number of hydrogen-bond acceptors (Lipinski definition) is 2. The van der Waals surface area contributed by atoms with Gasteiger partial charge in [-0.15, -0.1) is 0 Å². The van der Waals surface area contributed by atoms with Crippen LogP contribution in [0.4, 0.5) is 0 Å². The quantitative estimate of drug-likeness (QED) is 0.696. The van der Waals surface area contributed by atoms with E-state index in [1.54, 1.807) is 6.20 Å². The first kappa shape index (κ1) is 8.82. The van der Waals surface area contributed by atoms with Gasteiger partial charge in [-0.3, -0.25) is 0 Å². The Morgan fingerprint density at radius 1 is 1.62 bits per heavy atom. The van der Waals surface area contributed by atoms with Crippen LogP contribution in [0, 0.1) is 12.8 Å². The molecule has 1 aliphatic rings. The third-order valence-corrected chi connectivity index (χ3v) is 2.49. The van der Waals surface area contributed by atoms with Crippen molar-refractivity contribution in [2.45, 2.75) is 19.8 Å². The highest BCUT2D eigenvalue weighted by molar-refractivity contribution is 6.30. The second kappa shape index (κ2) is 3.54. The van der Waals surface area contributed by atoms with E-state index in [1.165, 1.54) is 12.8 Å². The second-order valence-electron chi connectivity index (χ2n) is 3.50. The van der Waals surface area contributed by atoms with Crippen molar-refractivity contribution in [1.82, 2.24) is 4.98 Å². The Morgan fingerprint density at radius 2 is 2.38 bits per heavy atom. The molecule has 0 unspecified atom stereocenters. The smallest absolute Gasteiger partial charge is 0.171 e. The maximum absolute atomic E-state index is 5.90. The minimum absolute atomic E-state index is 0.473. The molecule has 1 aromatic heterocycles. The molecule has 2 nitrogen and oxygen atoms in total. The standard InChI is InChI=1S/C10H12ClNO/c1-7-4-5-12-10(11)9(7)13-6-8-2-3-8/h4-5,8H,2-3,6H2,1H3. The lowest BCUT2D eigenvalue weighted by Crippen LogP contribution is -2.01. The first-order valence-electron chi connectivity index (χ1n) is 4.51. The molecule has 0 saturated heterocycles. The number of aromatic nitrogens is 1. The molecular formula is C10H12ClNO. The van der Waals surface area contributed by atoms with Crippen LogP contribution in [0.25, 0.3) is 0 Å². The minimum Gasteiger partial charge on any atom is -0.490 e. The molecule has 0 spiro atoms. The third kappa shape index (κ3) is 2.13. The molecular weight excluding hydrogens is 186 g/mol. The van der Waals surface area contributed by atoms with E-state index in [0.29, 0.717) is 5.15 Å². The van der Waals surface area contributed by atoms with Crippen LogP contribution in [0.2, 0.25) is 5.15 Å². The van der Waals surface area contributed by atoms with E-state index in [4.69, 9.17) is 16.3 Å². The van der Waals surface area contributed by atoms with Gasteiger partial charge in [0, 0.05) is 6.20 Å². The number of hydrogen-bond donors (Lipinski definition) is 0. The lowest BCUT2D eigenvalue weighted by molar-refractivity contribution is 0.297. The Bertz CT molecular complexity index is 290. The van der Waals surface area contributed by atoms with E-state index in [9.17, 15) is 0 Å². The second-order valence-corrected chi connectivity index (χ2v) is 3.86. The average Bonchev–Trinajstić information content (AvgIpc) is 2.87. The summed E-state index contributed by atoms with van der Waals surface area (Å²) < 4.78 is 5.60. The zero-order chi connectivity index (χ0) is 9.26. The van der Waals surface area contributed by atoms with Crippen LogP contribution >= 0.6 is 11.6 Å². The molecule has 1 aliphatic carbocycles.